The van der Waals surface area contributed by atoms with E-state index in [9.17, 15) is 0 Å². The minimum Gasteiger partial charge on any atom is -0.495 e. The SMILES string of the molecule is COc1ccc(CN2CC(C)OCC2C)cc1C#N. The van der Waals surface area contributed by atoms with Gasteiger partial charge in [-0.1, -0.05) is 6.07 Å². The summed E-state index contributed by atoms with van der Waals surface area (Å²) in [6.07, 6.45) is 0.268. The van der Waals surface area contributed by atoms with Crippen molar-refractivity contribution in [2.24, 2.45) is 0 Å². The van der Waals surface area contributed by atoms with Crippen molar-refractivity contribution < 1.29 is 9.47 Å². The van der Waals surface area contributed by atoms with Crippen LogP contribution in [0.3, 0.4) is 0 Å². The van der Waals surface area contributed by atoms with E-state index in [1.54, 1.807) is 7.11 Å². The van der Waals surface area contributed by atoms with Crippen LogP contribution < -0.4 is 4.74 Å². The maximum absolute atomic E-state index is 9.11. The first kappa shape index (κ1) is 13.9. The molecule has 0 N–H and O–H groups in total. The largest absolute Gasteiger partial charge is 0.495 e. The van der Waals surface area contributed by atoms with E-state index in [1.165, 1.54) is 0 Å². The molecule has 2 atom stereocenters. The van der Waals surface area contributed by atoms with E-state index in [0.29, 0.717) is 17.4 Å². The summed E-state index contributed by atoms with van der Waals surface area (Å²) >= 11 is 0. The molecule has 19 heavy (non-hydrogen) atoms. The third-order valence-corrected chi connectivity index (χ3v) is 3.51. The van der Waals surface area contributed by atoms with E-state index in [0.717, 1.165) is 25.3 Å². The minimum absolute atomic E-state index is 0.268. The van der Waals surface area contributed by atoms with Gasteiger partial charge in [0.15, 0.2) is 0 Å². The summed E-state index contributed by atoms with van der Waals surface area (Å²) in [6.45, 7) is 6.79. The number of nitrogens with zero attached hydrogens (tertiary/aromatic N) is 2. The van der Waals surface area contributed by atoms with Crippen LogP contribution in [-0.2, 0) is 11.3 Å². The van der Waals surface area contributed by atoms with Gasteiger partial charge in [0.1, 0.15) is 11.8 Å². The first-order valence-corrected chi connectivity index (χ1v) is 6.56. The van der Waals surface area contributed by atoms with Crippen molar-refractivity contribution in [1.29, 1.82) is 5.26 Å². The lowest BCUT2D eigenvalue weighted by molar-refractivity contribution is -0.0526. The molecule has 1 aromatic carbocycles. The first-order chi connectivity index (χ1) is 9.13. The van der Waals surface area contributed by atoms with Gasteiger partial charge in [-0.2, -0.15) is 5.26 Å². The fourth-order valence-corrected chi connectivity index (χ4v) is 2.37. The van der Waals surface area contributed by atoms with Crippen LogP contribution in [0.5, 0.6) is 5.75 Å². The molecular formula is C15H20N2O2. The van der Waals surface area contributed by atoms with Crippen LogP contribution in [0.25, 0.3) is 0 Å². The summed E-state index contributed by atoms with van der Waals surface area (Å²) in [5, 5.41) is 9.11. The molecule has 1 heterocycles. The number of rotatable bonds is 3. The summed E-state index contributed by atoms with van der Waals surface area (Å²) in [6, 6.07) is 8.37. The lowest BCUT2D eigenvalue weighted by Gasteiger charge is -2.36. The Morgan fingerprint density at radius 2 is 2.26 bits per heavy atom. The van der Waals surface area contributed by atoms with Gasteiger partial charge in [0.05, 0.1) is 25.4 Å². The van der Waals surface area contributed by atoms with Crippen LogP contribution >= 0.6 is 0 Å². The zero-order chi connectivity index (χ0) is 13.8. The highest BCUT2D eigenvalue weighted by atomic mass is 16.5. The van der Waals surface area contributed by atoms with Gasteiger partial charge in [-0.3, -0.25) is 4.90 Å². The summed E-state index contributed by atoms with van der Waals surface area (Å²) in [5.41, 5.74) is 1.73. The standard InChI is InChI=1S/C15H20N2O2/c1-11-10-19-12(2)8-17(11)9-13-4-5-15(18-3)14(6-13)7-16/h4-6,11-12H,8-10H2,1-3H3. The van der Waals surface area contributed by atoms with Crippen molar-refractivity contribution in [2.45, 2.75) is 32.5 Å². The van der Waals surface area contributed by atoms with E-state index in [2.05, 4.69) is 24.8 Å². The minimum atomic E-state index is 0.268. The van der Waals surface area contributed by atoms with E-state index >= 15 is 0 Å². The number of nitriles is 1. The smallest absolute Gasteiger partial charge is 0.136 e. The lowest BCUT2D eigenvalue weighted by Crippen LogP contribution is -2.46. The van der Waals surface area contributed by atoms with Crippen LogP contribution in [0.4, 0.5) is 0 Å². The highest BCUT2D eigenvalue weighted by molar-refractivity contribution is 5.45. The maximum Gasteiger partial charge on any atom is 0.136 e. The van der Waals surface area contributed by atoms with Crippen molar-refractivity contribution in [1.82, 2.24) is 4.90 Å². The summed E-state index contributed by atoms with van der Waals surface area (Å²) in [5.74, 6) is 0.634. The Labute approximate surface area is 114 Å². The highest BCUT2D eigenvalue weighted by Crippen LogP contribution is 2.21. The van der Waals surface area contributed by atoms with Gasteiger partial charge in [0.25, 0.3) is 0 Å². The maximum atomic E-state index is 9.11. The van der Waals surface area contributed by atoms with Crippen molar-refractivity contribution in [3.63, 3.8) is 0 Å². The van der Waals surface area contributed by atoms with Gasteiger partial charge < -0.3 is 9.47 Å². The number of hydrogen-bond acceptors (Lipinski definition) is 4. The fraction of sp³-hybridized carbons (Fsp3) is 0.533. The second-order valence-electron chi connectivity index (χ2n) is 5.07. The molecule has 1 fully saturated rings. The number of ether oxygens (including phenoxy) is 2. The van der Waals surface area contributed by atoms with Crippen molar-refractivity contribution in [3.8, 4) is 11.8 Å². The molecule has 1 saturated heterocycles. The summed E-state index contributed by atoms with van der Waals surface area (Å²) in [7, 11) is 1.58. The molecule has 1 aromatic rings. The van der Waals surface area contributed by atoms with Gasteiger partial charge in [0.2, 0.25) is 0 Å². The van der Waals surface area contributed by atoms with Crippen molar-refractivity contribution in [3.05, 3.63) is 29.3 Å². The highest BCUT2D eigenvalue weighted by Gasteiger charge is 2.23. The van der Waals surface area contributed by atoms with Gasteiger partial charge in [0, 0.05) is 19.1 Å². The molecule has 0 spiro atoms. The molecular weight excluding hydrogens is 240 g/mol. The zero-order valence-corrected chi connectivity index (χ0v) is 11.7. The summed E-state index contributed by atoms with van der Waals surface area (Å²) in [4.78, 5) is 2.39. The molecule has 0 aromatic heterocycles. The molecule has 102 valence electrons. The lowest BCUT2D eigenvalue weighted by atomic mass is 10.1. The monoisotopic (exact) mass is 260 g/mol. The van der Waals surface area contributed by atoms with E-state index in [4.69, 9.17) is 14.7 Å². The van der Waals surface area contributed by atoms with Crippen LogP contribution in [0.2, 0.25) is 0 Å². The third kappa shape index (κ3) is 3.25. The molecule has 2 rings (SSSR count). The molecule has 1 aliphatic heterocycles. The molecule has 0 saturated carbocycles. The topological polar surface area (TPSA) is 45.5 Å². The molecule has 0 radical (unpaired) electrons. The molecule has 0 amide bonds. The average Bonchev–Trinajstić information content (AvgIpc) is 2.42. The Hall–Kier alpha value is -1.57. The van der Waals surface area contributed by atoms with E-state index < -0.39 is 0 Å². The predicted molar refractivity (Wildman–Crippen MR) is 73.0 cm³/mol. The molecule has 4 heteroatoms. The normalized spacial score (nSPS) is 23.9. The quantitative estimate of drug-likeness (QED) is 0.835. The fourth-order valence-electron chi connectivity index (χ4n) is 2.37. The predicted octanol–water partition coefficient (Wildman–Crippen LogP) is 2.18. The number of benzene rings is 1. The van der Waals surface area contributed by atoms with Crippen LogP contribution in [0.1, 0.15) is 25.0 Å². The summed E-state index contributed by atoms with van der Waals surface area (Å²) < 4.78 is 10.8. The Morgan fingerprint density at radius 1 is 1.47 bits per heavy atom. The van der Waals surface area contributed by atoms with Gasteiger partial charge in [-0.15, -0.1) is 0 Å². The second-order valence-corrected chi connectivity index (χ2v) is 5.07. The van der Waals surface area contributed by atoms with Crippen LogP contribution in [0.15, 0.2) is 18.2 Å². The number of hydrogen-bond donors (Lipinski definition) is 0. The van der Waals surface area contributed by atoms with Crippen LogP contribution in [0, 0.1) is 11.3 Å². The zero-order valence-electron chi connectivity index (χ0n) is 11.7. The van der Waals surface area contributed by atoms with E-state index in [-0.39, 0.29) is 6.10 Å². The molecule has 1 aliphatic rings. The number of morpholine rings is 1. The average molecular weight is 260 g/mol. The van der Waals surface area contributed by atoms with Crippen molar-refractivity contribution in [2.75, 3.05) is 20.3 Å². The molecule has 0 aliphatic carbocycles. The Kier molecular flexibility index (Phi) is 4.41. The van der Waals surface area contributed by atoms with Crippen LogP contribution in [-0.4, -0.2) is 37.3 Å². The van der Waals surface area contributed by atoms with Gasteiger partial charge in [-0.05, 0) is 31.5 Å². The molecule has 4 nitrogen and oxygen atoms in total. The number of methoxy groups -OCH3 is 1. The van der Waals surface area contributed by atoms with Crippen molar-refractivity contribution >= 4 is 0 Å². The second kappa shape index (κ2) is 6.05. The third-order valence-electron chi connectivity index (χ3n) is 3.51. The Bertz CT molecular complexity index is 482. The van der Waals surface area contributed by atoms with Gasteiger partial charge in [-0.25, -0.2) is 0 Å². The molecule has 0 bridgehead atoms. The Morgan fingerprint density at radius 3 is 2.95 bits per heavy atom. The van der Waals surface area contributed by atoms with E-state index in [1.807, 2.05) is 18.2 Å². The Balaban J connectivity index is 2.12. The molecule has 2 unspecified atom stereocenters. The first-order valence-electron chi connectivity index (χ1n) is 6.56. The van der Waals surface area contributed by atoms with Gasteiger partial charge >= 0.3 is 0 Å².